The Morgan fingerprint density at radius 1 is 1.14 bits per heavy atom. The van der Waals surface area contributed by atoms with Crippen LogP contribution in [0.15, 0.2) is 54.4 Å². The van der Waals surface area contributed by atoms with Crippen LogP contribution in [0, 0.1) is 6.92 Å². The Labute approximate surface area is 205 Å². The van der Waals surface area contributed by atoms with Gasteiger partial charge in [0.15, 0.2) is 5.13 Å². The van der Waals surface area contributed by atoms with E-state index in [1.165, 1.54) is 24.4 Å². The van der Waals surface area contributed by atoms with Gasteiger partial charge in [-0.25, -0.2) is 9.78 Å². The Morgan fingerprint density at radius 3 is 2.46 bits per heavy atom. The van der Waals surface area contributed by atoms with Gasteiger partial charge in [0.2, 0.25) is 0 Å². The summed E-state index contributed by atoms with van der Waals surface area (Å²) in [6, 6.07) is 9.06. The molecule has 0 aliphatic carbocycles. The second-order valence-electron chi connectivity index (χ2n) is 7.73. The molecule has 1 aliphatic heterocycles. The molecule has 2 aromatic heterocycles. The molecule has 3 heterocycles. The summed E-state index contributed by atoms with van der Waals surface area (Å²) in [5.41, 5.74) is 1.19. The number of carbonyl (C=O) groups is 3. The Morgan fingerprint density at radius 2 is 1.83 bits per heavy atom. The quantitative estimate of drug-likeness (QED) is 0.227. The maximum atomic E-state index is 13.2. The van der Waals surface area contributed by atoms with E-state index in [4.69, 9.17) is 9.47 Å². The van der Waals surface area contributed by atoms with Crippen molar-refractivity contribution in [1.29, 1.82) is 0 Å². The second kappa shape index (κ2) is 10.1. The highest BCUT2D eigenvalue weighted by Crippen LogP contribution is 2.44. The molecule has 1 saturated heterocycles. The SMILES string of the molecule is CCCOc1ccc(C2/C(=C(\O)c3ccncc3)C(=O)C(=O)N2c2nc(C)c(C(=O)OC)s2)cc1. The number of aliphatic hydroxyl groups excluding tert-OH is 1. The van der Waals surface area contributed by atoms with Crippen molar-refractivity contribution >= 4 is 39.9 Å². The van der Waals surface area contributed by atoms with E-state index in [-0.39, 0.29) is 21.3 Å². The number of aliphatic hydroxyl groups is 1. The summed E-state index contributed by atoms with van der Waals surface area (Å²) in [4.78, 5) is 48.4. The third-order valence-electron chi connectivity index (χ3n) is 5.43. The van der Waals surface area contributed by atoms with E-state index >= 15 is 0 Å². The first-order chi connectivity index (χ1) is 16.9. The molecule has 3 aromatic rings. The van der Waals surface area contributed by atoms with Crippen LogP contribution < -0.4 is 9.64 Å². The first kappa shape index (κ1) is 24.1. The molecule has 10 heteroatoms. The summed E-state index contributed by atoms with van der Waals surface area (Å²) in [7, 11) is 1.25. The van der Waals surface area contributed by atoms with Crippen molar-refractivity contribution in [3.8, 4) is 5.75 Å². The number of esters is 1. The highest BCUT2D eigenvalue weighted by molar-refractivity contribution is 7.17. The average molecular weight is 494 g/mol. The van der Waals surface area contributed by atoms with Crippen molar-refractivity contribution < 1.29 is 29.0 Å². The predicted molar refractivity (Wildman–Crippen MR) is 129 cm³/mol. The predicted octanol–water partition coefficient (Wildman–Crippen LogP) is 4.05. The number of aromatic nitrogens is 2. The van der Waals surface area contributed by atoms with Crippen LogP contribution in [0.4, 0.5) is 5.13 Å². The van der Waals surface area contributed by atoms with E-state index in [9.17, 15) is 19.5 Å². The number of methoxy groups -OCH3 is 1. The zero-order chi connectivity index (χ0) is 25.1. The van der Waals surface area contributed by atoms with Crippen LogP contribution in [-0.2, 0) is 14.3 Å². The maximum Gasteiger partial charge on any atom is 0.350 e. The highest BCUT2D eigenvalue weighted by atomic mass is 32.1. The van der Waals surface area contributed by atoms with Gasteiger partial charge in [0.05, 0.1) is 31.0 Å². The molecular weight excluding hydrogens is 470 g/mol. The molecule has 180 valence electrons. The molecule has 0 spiro atoms. The summed E-state index contributed by atoms with van der Waals surface area (Å²) >= 11 is 0.946. The molecule has 1 amide bonds. The monoisotopic (exact) mass is 493 g/mol. The molecule has 1 N–H and O–H groups in total. The first-order valence-electron chi connectivity index (χ1n) is 10.9. The molecule has 0 radical (unpaired) electrons. The summed E-state index contributed by atoms with van der Waals surface area (Å²) in [5.74, 6) is -2.00. The largest absolute Gasteiger partial charge is 0.507 e. The van der Waals surface area contributed by atoms with Crippen molar-refractivity contribution in [2.45, 2.75) is 26.3 Å². The van der Waals surface area contributed by atoms with Crippen molar-refractivity contribution in [2.75, 3.05) is 18.6 Å². The normalized spacial score (nSPS) is 17.0. The van der Waals surface area contributed by atoms with Crippen molar-refractivity contribution in [3.05, 3.63) is 76.1 Å². The van der Waals surface area contributed by atoms with E-state index in [2.05, 4.69) is 9.97 Å². The van der Waals surface area contributed by atoms with Gasteiger partial charge >= 0.3 is 11.9 Å². The fourth-order valence-electron chi connectivity index (χ4n) is 3.74. The van der Waals surface area contributed by atoms with E-state index in [1.54, 1.807) is 43.3 Å². The molecule has 4 rings (SSSR count). The number of hydrogen-bond donors (Lipinski definition) is 1. The number of pyridine rings is 1. The molecule has 1 atom stereocenters. The van der Waals surface area contributed by atoms with Crippen LogP contribution in [0.2, 0.25) is 0 Å². The van der Waals surface area contributed by atoms with Crippen molar-refractivity contribution in [1.82, 2.24) is 9.97 Å². The number of Topliss-reactive ketones (excluding diaryl/α,β-unsaturated/α-hetero) is 1. The van der Waals surface area contributed by atoms with Crippen LogP contribution in [0.1, 0.15) is 45.9 Å². The fraction of sp³-hybridized carbons (Fsp3) is 0.240. The minimum absolute atomic E-state index is 0.0871. The van der Waals surface area contributed by atoms with Crippen LogP contribution in [0.25, 0.3) is 5.76 Å². The zero-order valence-electron chi connectivity index (χ0n) is 19.3. The molecule has 0 saturated carbocycles. The van der Waals surface area contributed by atoms with Gasteiger partial charge in [-0.1, -0.05) is 30.4 Å². The number of thiazole rings is 1. The van der Waals surface area contributed by atoms with Crippen LogP contribution in [0.5, 0.6) is 5.75 Å². The number of hydrogen-bond acceptors (Lipinski definition) is 9. The van der Waals surface area contributed by atoms with Gasteiger partial charge in [0, 0.05) is 18.0 Å². The fourth-order valence-corrected chi connectivity index (χ4v) is 4.76. The lowest BCUT2D eigenvalue weighted by Gasteiger charge is -2.23. The highest BCUT2D eigenvalue weighted by Gasteiger charge is 2.48. The third-order valence-corrected chi connectivity index (χ3v) is 6.57. The molecule has 1 aliphatic rings. The second-order valence-corrected chi connectivity index (χ2v) is 8.70. The minimum Gasteiger partial charge on any atom is -0.507 e. The smallest absolute Gasteiger partial charge is 0.350 e. The molecule has 9 nitrogen and oxygen atoms in total. The Bertz CT molecular complexity index is 1300. The topological polar surface area (TPSA) is 119 Å². The number of ketones is 1. The van der Waals surface area contributed by atoms with Gasteiger partial charge in [0.1, 0.15) is 16.4 Å². The lowest BCUT2D eigenvalue weighted by atomic mass is 9.95. The van der Waals surface area contributed by atoms with E-state index in [0.717, 1.165) is 17.8 Å². The van der Waals surface area contributed by atoms with Gasteiger partial charge in [-0.05, 0) is 43.2 Å². The molecule has 1 unspecified atom stereocenters. The average Bonchev–Trinajstić information content (AvgIpc) is 3.39. The Balaban J connectivity index is 1.87. The van der Waals surface area contributed by atoms with Gasteiger partial charge in [-0.2, -0.15) is 0 Å². The van der Waals surface area contributed by atoms with E-state index in [0.29, 0.717) is 29.2 Å². The van der Waals surface area contributed by atoms with Gasteiger partial charge in [-0.15, -0.1) is 0 Å². The Kier molecular flexibility index (Phi) is 6.92. The molecule has 1 aromatic carbocycles. The minimum atomic E-state index is -0.973. The number of ether oxygens (including phenoxy) is 2. The zero-order valence-corrected chi connectivity index (χ0v) is 20.2. The summed E-state index contributed by atoms with van der Waals surface area (Å²) in [6.45, 7) is 4.17. The van der Waals surface area contributed by atoms with Crippen molar-refractivity contribution in [2.24, 2.45) is 0 Å². The summed E-state index contributed by atoms with van der Waals surface area (Å²) in [6.07, 6.45) is 3.80. The van der Waals surface area contributed by atoms with E-state index in [1.807, 2.05) is 6.92 Å². The summed E-state index contributed by atoms with van der Waals surface area (Å²) < 4.78 is 10.5. The number of anilines is 1. The number of nitrogens with zero attached hydrogens (tertiary/aromatic N) is 3. The standard InChI is InChI=1S/C25H23N3O6S/c1-4-13-34-17-7-5-15(6-8-17)19-18(20(29)16-9-11-26-12-10-16)21(30)23(31)28(19)25-27-14(2)22(35-25)24(32)33-3/h5-12,19,29H,4,13H2,1-3H3/b20-18+. The van der Waals surface area contributed by atoms with Crippen LogP contribution >= 0.6 is 11.3 Å². The number of aryl methyl sites for hydroxylation is 1. The van der Waals surface area contributed by atoms with E-state index < -0.39 is 23.7 Å². The van der Waals surface area contributed by atoms with Gasteiger partial charge in [0.25, 0.3) is 5.78 Å². The number of benzene rings is 1. The third kappa shape index (κ3) is 4.52. The lowest BCUT2D eigenvalue weighted by Crippen LogP contribution is -2.29. The van der Waals surface area contributed by atoms with Gasteiger partial charge < -0.3 is 14.6 Å². The van der Waals surface area contributed by atoms with Gasteiger partial charge in [-0.3, -0.25) is 19.5 Å². The lowest BCUT2D eigenvalue weighted by molar-refractivity contribution is -0.132. The molecule has 35 heavy (non-hydrogen) atoms. The van der Waals surface area contributed by atoms with Crippen LogP contribution in [0.3, 0.4) is 0 Å². The molecule has 1 fully saturated rings. The number of amides is 1. The molecule has 0 bridgehead atoms. The van der Waals surface area contributed by atoms with Crippen LogP contribution in [-0.4, -0.2) is 46.5 Å². The maximum absolute atomic E-state index is 13.2. The number of rotatable bonds is 7. The first-order valence-corrected chi connectivity index (χ1v) is 11.7. The molecular formula is C25H23N3O6S. The number of carbonyl (C=O) groups excluding carboxylic acids is 3. The Hall–Kier alpha value is -4.05. The van der Waals surface area contributed by atoms with Crippen molar-refractivity contribution in [3.63, 3.8) is 0 Å². The summed E-state index contributed by atoms with van der Waals surface area (Å²) in [5, 5.41) is 11.2.